The summed E-state index contributed by atoms with van der Waals surface area (Å²) in [6.45, 7) is 2.42. The van der Waals surface area contributed by atoms with Crippen molar-refractivity contribution in [3.8, 4) is 5.75 Å². The molecule has 0 spiro atoms. The number of hydrogen-bond donors (Lipinski definition) is 1. The van der Waals surface area contributed by atoms with Gasteiger partial charge in [-0.2, -0.15) is 0 Å². The van der Waals surface area contributed by atoms with Crippen molar-refractivity contribution in [2.24, 2.45) is 0 Å². The number of rotatable bonds is 10. The van der Waals surface area contributed by atoms with Crippen molar-refractivity contribution < 1.29 is 28.6 Å². The van der Waals surface area contributed by atoms with Crippen LogP contribution in [0.2, 0.25) is 5.02 Å². The number of carboxylic acid groups (broad SMARTS) is 1. The smallest absolute Gasteiger partial charge is 0.326 e. The number of aromatic nitrogens is 1. The number of carbonyl (C=O) groups is 2. The molecule has 1 unspecified atom stereocenters. The molecule has 0 saturated heterocycles. The summed E-state index contributed by atoms with van der Waals surface area (Å²) in [5.74, 6) is -0.979. The average molecular weight is 517 g/mol. The summed E-state index contributed by atoms with van der Waals surface area (Å²) in [5.41, 5.74) is 2.50. The standard InChI is InChI=1S/C27H30ClFN2O5/c1-3-23(27(33)34)31-24-9-7-18(29)14-21(24)22-15-19(8-10-25(22)31)30(11-12-35-2)26(32)16-36-20-6-4-5-17(28)13-20/h4-7,9,13-14,19,23H,3,8,10-12,15-16H2,1-2H3,(H,33,34)/t19-,23?/m0/s1. The molecule has 0 bridgehead atoms. The van der Waals surface area contributed by atoms with Crippen LogP contribution in [0.1, 0.15) is 37.1 Å². The van der Waals surface area contributed by atoms with Gasteiger partial charge in [-0.3, -0.25) is 4.79 Å². The highest BCUT2D eigenvalue weighted by molar-refractivity contribution is 6.30. The molecule has 0 fully saturated rings. The molecule has 1 aromatic heterocycles. The number of benzene rings is 2. The highest BCUT2D eigenvalue weighted by Gasteiger charge is 2.34. The molecule has 1 heterocycles. The fourth-order valence-electron chi connectivity index (χ4n) is 5.12. The molecule has 192 valence electrons. The second-order valence-electron chi connectivity index (χ2n) is 8.94. The van der Waals surface area contributed by atoms with Crippen LogP contribution in [0.4, 0.5) is 4.39 Å². The van der Waals surface area contributed by atoms with Gasteiger partial charge in [-0.05, 0) is 67.6 Å². The first kappa shape index (κ1) is 26.0. The highest BCUT2D eigenvalue weighted by atomic mass is 35.5. The number of amides is 1. The number of fused-ring (bicyclic) bond motifs is 3. The fraction of sp³-hybridized carbons (Fsp3) is 0.407. The van der Waals surface area contributed by atoms with Gasteiger partial charge in [-0.15, -0.1) is 0 Å². The lowest BCUT2D eigenvalue weighted by Gasteiger charge is -2.35. The van der Waals surface area contributed by atoms with Crippen molar-refractivity contribution in [2.45, 2.75) is 44.7 Å². The van der Waals surface area contributed by atoms with Crippen molar-refractivity contribution in [2.75, 3.05) is 26.9 Å². The summed E-state index contributed by atoms with van der Waals surface area (Å²) in [6, 6.07) is 10.4. The summed E-state index contributed by atoms with van der Waals surface area (Å²) < 4.78 is 27.1. The molecule has 2 atom stereocenters. The second kappa shape index (κ2) is 11.3. The SMILES string of the molecule is CCC(C(=O)O)n1c2c(c3cc(F)ccc31)C[C@@H](N(CCOC)C(=O)COc1cccc(Cl)c1)CC2. The lowest BCUT2D eigenvalue weighted by molar-refractivity contribution is -0.141. The number of aliphatic carboxylic acids is 1. The van der Waals surface area contributed by atoms with Crippen LogP contribution in [0.15, 0.2) is 42.5 Å². The maximum Gasteiger partial charge on any atom is 0.326 e. The van der Waals surface area contributed by atoms with Crippen LogP contribution < -0.4 is 4.74 Å². The van der Waals surface area contributed by atoms with Gasteiger partial charge in [0.25, 0.3) is 5.91 Å². The molecule has 3 aromatic rings. The topological polar surface area (TPSA) is 81.0 Å². The Labute approximate surface area is 214 Å². The van der Waals surface area contributed by atoms with Crippen LogP contribution in [-0.2, 0) is 27.2 Å². The monoisotopic (exact) mass is 516 g/mol. The Morgan fingerprint density at radius 3 is 2.78 bits per heavy atom. The van der Waals surface area contributed by atoms with Crippen molar-refractivity contribution in [1.29, 1.82) is 0 Å². The zero-order chi connectivity index (χ0) is 25.8. The molecule has 36 heavy (non-hydrogen) atoms. The largest absolute Gasteiger partial charge is 0.484 e. The molecule has 1 amide bonds. The van der Waals surface area contributed by atoms with E-state index in [2.05, 4.69) is 0 Å². The first-order valence-electron chi connectivity index (χ1n) is 12.0. The lowest BCUT2D eigenvalue weighted by atomic mass is 9.90. The maximum absolute atomic E-state index is 14.3. The molecule has 0 radical (unpaired) electrons. The minimum Gasteiger partial charge on any atom is -0.484 e. The third kappa shape index (κ3) is 5.34. The van der Waals surface area contributed by atoms with Crippen LogP contribution in [0.3, 0.4) is 0 Å². The van der Waals surface area contributed by atoms with Gasteiger partial charge in [-0.1, -0.05) is 24.6 Å². The highest BCUT2D eigenvalue weighted by Crippen LogP contribution is 2.37. The van der Waals surface area contributed by atoms with E-state index in [1.54, 1.807) is 42.3 Å². The Hall–Kier alpha value is -3.10. The fourth-order valence-corrected chi connectivity index (χ4v) is 5.30. The van der Waals surface area contributed by atoms with Crippen molar-refractivity contribution in [3.63, 3.8) is 0 Å². The number of nitrogens with zero attached hydrogens (tertiary/aromatic N) is 2. The normalized spacial score (nSPS) is 15.9. The minimum absolute atomic E-state index is 0.152. The van der Waals surface area contributed by atoms with Crippen LogP contribution in [-0.4, -0.2) is 59.4 Å². The molecule has 1 aliphatic rings. The molecular weight excluding hydrogens is 487 g/mol. The maximum atomic E-state index is 14.3. The van der Waals surface area contributed by atoms with Crippen molar-refractivity contribution in [3.05, 3.63) is 64.6 Å². The number of ether oxygens (including phenoxy) is 2. The molecule has 1 aliphatic carbocycles. The first-order chi connectivity index (χ1) is 17.3. The van der Waals surface area contributed by atoms with Gasteiger partial charge in [0.2, 0.25) is 0 Å². The van der Waals surface area contributed by atoms with Gasteiger partial charge in [-0.25, -0.2) is 9.18 Å². The van der Waals surface area contributed by atoms with Crippen molar-refractivity contribution in [1.82, 2.24) is 9.47 Å². The van der Waals surface area contributed by atoms with E-state index in [4.69, 9.17) is 21.1 Å². The summed E-state index contributed by atoms with van der Waals surface area (Å²) in [7, 11) is 1.58. The number of methoxy groups -OCH3 is 1. The first-order valence-corrected chi connectivity index (χ1v) is 12.4. The zero-order valence-electron chi connectivity index (χ0n) is 20.4. The average Bonchev–Trinajstić information content (AvgIpc) is 3.16. The molecular formula is C27H30ClFN2O5. The van der Waals surface area contributed by atoms with Gasteiger partial charge in [0, 0.05) is 41.3 Å². The van der Waals surface area contributed by atoms with Crippen LogP contribution in [0.25, 0.3) is 10.9 Å². The molecule has 0 aliphatic heterocycles. The summed E-state index contributed by atoms with van der Waals surface area (Å²) in [6.07, 6.45) is 2.12. The quantitative estimate of drug-likeness (QED) is 0.415. The summed E-state index contributed by atoms with van der Waals surface area (Å²) in [5, 5.41) is 11.1. The molecule has 4 rings (SSSR count). The van der Waals surface area contributed by atoms with E-state index < -0.39 is 12.0 Å². The zero-order valence-corrected chi connectivity index (χ0v) is 21.1. The molecule has 1 N–H and O–H groups in total. The predicted molar refractivity (Wildman–Crippen MR) is 135 cm³/mol. The number of halogens is 2. The number of carboxylic acids is 1. The van der Waals surface area contributed by atoms with Gasteiger partial charge in [0.15, 0.2) is 6.61 Å². The molecule has 2 aromatic carbocycles. The van der Waals surface area contributed by atoms with Gasteiger partial charge >= 0.3 is 5.97 Å². The van der Waals surface area contributed by atoms with E-state index in [0.29, 0.717) is 60.5 Å². The van der Waals surface area contributed by atoms with Gasteiger partial charge < -0.3 is 24.0 Å². The van der Waals surface area contributed by atoms with Gasteiger partial charge in [0.1, 0.15) is 17.6 Å². The van der Waals surface area contributed by atoms with E-state index in [9.17, 15) is 19.1 Å². The third-order valence-corrected chi connectivity index (χ3v) is 7.01. The molecule has 0 saturated carbocycles. The summed E-state index contributed by atoms with van der Waals surface area (Å²) in [4.78, 5) is 27.0. The number of hydrogen-bond acceptors (Lipinski definition) is 4. The lowest BCUT2D eigenvalue weighted by Crippen LogP contribution is -2.47. The van der Waals surface area contributed by atoms with Crippen LogP contribution in [0, 0.1) is 5.82 Å². The van der Waals surface area contributed by atoms with Crippen molar-refractivity contribution >= 4 is 34.4 Å². The Kier molecular flexibility index (Phi) is 8.16. The predicted octanol–water partition coefficient (Wildman–Crippen LogP) is 4.88. The van der Waals surface area contributed by atoms with Gasteiger partial charge in [0.05, 0.1) is 6.61 Å². The Morgan fingerprint density at radius 1 is 1.28 bits per heavy atom. The van der Waals surface area contributed by atoms with E-state index >= 15 is 0 Å². The van der Waals surface area contributed by atoms with E-state index in [-0.39, 0.29) is 24.4 Å². The molecule has 9 heteroatoms. The second-order valence-corrected chi connectivity index (χ2v) is 9.38. The minimum atomic E-state index is -0.918. The Morgan fingerprint density at radius 2 is 2.08 bits per heavy atom. The Balaban J connectivity index is 1.64. The Bertz CT molecular complexity index is 1260. The van der Waals surface area contributed by atoms with Crippen LogP contribution >= 0.6 is 11.6 Å². The molecule has 7 nitrogen and oxygen atoms in total. The van der Waals surface area contributed by atoms with Crippen LogP contribution in [0.5, 0.6) is 5.75 Å². The summed E-state index contributed by atoms with van der Waals surface area (Å²) >= 11 is 6.02. The van der Waals surface area contributed by atoms with E-state index in [1.165, 1.54) is 12.1 Å². The number of carbonyl (C=O) groups excluding carboxylic acids is 1. The van der Waals surface area contributed by atoms with E-state index in [1.807, 2.05) is 11.5 Å². The third-order valence-electron chi connectivity index (χ3n) is 6.78. The van der Waals surface area contributed by atoms with E-state index in [0.717, 1.165) is 11.3 Å².